The van der Waals surface area contributed by atoms with E-state index in [0.717, 1.165) is 31.5 Å². The Balaban J connectivity index is -0.000000130. The van der Waals surface area contributed by atoms with E-state index in [-0.39, 0.29) is 25.2 Å². The van der Waals surface area contributed by atoms with Crippen molar-refractivity contribution in [2.45, 2.75) is 122 Å². The van der Waals surface area contributed by atoms with Gasteiger partial charge in [0.1, 0.15) is 23.9 Å². The topological polar surface area (TPSA) is 128 Å². The van der Waals surface area contributed by atoms with Crippen molar-refractivity contribution in [3.63, 3.8) is 0 Å². The highest BCUT2D eigenvalue weighted by Gasteiger charge is 2.38. The van der Waals surface area contributed by atoms with Crippen LogP contribution in [0, 0.1) is 5.82 Å². The zero-order valence-corrected chi connectivity index (χ0v) is 34.9. The zero-order valence-electron chi connectivity index (χ0n) is 34.1. The summed E-state index contributed by atoms with van der Waals surface area (Å²) >= 11 is 0. The number of benzene rings is 2. The summed E-state index contributed by atoms with van der Waals surface area (Å²) in [5.41, 5.74) is 0.482. The average molecular weight is 768 g/mol. The van der Waals surface area contributed by atoms with Crippen molar-refractivity contribution in [1.29, 1.82) is 0 Å². The lowest BCUT2D eigenvalue weighted by Gasteiger charge is -2.48. The van der Waals surface area contributed by atoms with Gasteiger partial charge in [-0.15, -0.1) is 0 Å². The summed E-state index contributed by atoms with van der Waals surface area (Å²) in [4.78, 5) is 29.4. The molecule has 0 amide bonds. The standard InChI is InChI=1S/C10H13NO.C9H15O3P.C8H7FO2.C5H10O.C4H8.3C2H6.CH4/c1-10(12)7-8-11(10)9-5-3-2-4-6-9;1-3-5-6-7-8-9(4-2)13(10,11)12;9-7-1-3-8(4-2-7)11-6-5-10;1-3-4-5(2)6;1-3-4-2;3*1-2;/h2-6,12H,7-8H2,1H3;4-6,8H,2-3,7H2,1H3,(H2,10,11,12);1-5H,6H2;4,6H,3H2,1-2H3;3-4H,1-2H3;3*1-2H3;1H4/b;6-5-,9-8+;;5-4+;4-3-;;;;. The lowest BCUT2D eigenvalue weighted by molar-refractivity contribution is -0.109. The Kier molecular flexibility index (Phi) is 49.3. The Bertz CT molecular complexity index is 1250. The molecule has 1 fully saturated rings. The number of allylic oxidation sites excluding steroid dienone is 9. The fourth-order valence-corrected chi connectivity index (χ4v) is 3.87. The minimum atomic E-state index is -4.12. The summed E-state index contributed by atoms with van der Waals surface area (Å²) in [6.07, 6.45) is 16.1. The normalized spacial score (nSPS) is 14.1. The minimum Gasteiger partial charge on any atom is -0.513 e. The number of hydrogen-bond donors (Lipinski definition) is 4. The maximum absolute atomic E-state index is 12.3. The van der Waals surface area contributed by atoms with Crippen LogP contribution in [0.5, 0.6) is 5.75 Å². The number of carbonyl (C=O) groups is 1. The average Bonchev–Trinajstić information content (AvgIpc) is 3.14. The second-order valence-electron chi connectivity index (χ2n) is 9.80. The van der Waals surface area contributed by atoms with Crippen LogP contribution >= 0.6 is 7.60 Å². The molecule has 0 aromatic heterocycles. The Hall–Kier alpha value is -3.75. The van der Waals surface area contributed by atoms with Gasteiger partial charge in [-0.1, -0.05) is 124 Å². The second kappa shape index (κ2) is 42.7. The summed E-state index contributed by atoms with van der Waals surface area (Å²) in [5, 5.41) is 18.2. The Morgan fingerprint density at radius 2 is 1.43 bits per heavy atom. The van der Waals surface area contributed by atoms with Crippen LogP contribution < -0.4 is 9.64 Å². The van der Waals surface area contributed by atoms with Crippen molar-refractivity contribution in [2.24, 2.45) is 0 Å². The van der Waals surface area contributed by atoms with Gasteiger partial charge in [0.2, 0.25) is 0 Å². The molecule has 1 aliphatic rings. The highest BCUT2D eigenvalue weighted by Crippen LogP contribution is 2.45. The van der Waals surface area contributed by atoms with Crippen LogP contribution in [-0.2, 0) is 9.36 Å². The molecule has 1 heterocycles. The Morgan fingerprint density at radius 1 is 0.925 bits per heavy atom. The van der Waals surface area contributed by atoms with E-state index in [9.17, 15) is 18.9 Å². The van der Waals surface area contributed by atoms with Crippen LogP contribution in [0.1, 0.15) is 116 Å². The van der Waals surface area contributed by atoms with Gasteiger partial charge in [0, 0.05) is 18.7 Å². The van der Waals surface area contributed by atoms with Gasteiger partial charge in [-0.2, -0.15) is 0 Å². The van der Waals surface area contributed by atoms with E-state index in [0.29, 0.717) is 24.2 Å². The third kappa shape index (κ3) is 37.8. The first-order valence-electron chi connectivity index (χ1n) is 18.1. The van der Waals surface area contributed by atoms with Crippen molar-refractivity contribution in [1.82, 2.24) is 0 Å². The summed E-state index contributed by atoms with van der Waals surface area (Å²) < 4.78 is 27.9. The lowest BCUT2D eigenvalue weighted by atomic mass is 9.99. The van der Waals surface area contributed by atoms with Gasteiger partial charge in [0.25, 0.3) is 0 Å². The molecule has 8 nitrogen and oxygen atoms in total. The summed E-state index contributed by atoms with van der Waals surface area (Å²) in [6.45, 7) is 27.8. The molecule has 1 saturated heterocycles. The van der Waals surface area contributed by atoms with Crippen LogP contribution in [0.3, 0.4) is 0 Å². The zero-order chi connectivity index (χ0) is 41.4. The Labute approximate surface area is 323 Å². The molecule has 1 aliphatic heterocycles. The van der Waals surface area contributed by atoms with E-state index < -0.39 is 13.3 Å². The first kappa shape index (κ1) is 61.3. The van der Waals surface area contributed by atoms with Crippen LogP contribution in [-0.4, -0.2) is 45.2 Å². The number of carbonyl (C=O) groups excluding carboxylic acids is 1. The maximum Gasteiger partial charge on any atom is 0.355 e. The highest BCUT2D eigenvalue weighted by molar-refractivity contribution is 7.56. The summed E-state index contributed by atoms with van der Waals surface area (Å²) in [7, 11) is -4.12. The fraction of sp³-hybridized carbons (Fsp3) is 0.465. The fourth-order valence-electron chi connectivity index (χ4n) is 3.29. The number of aliphatic hydroxyl groups excluding tert-OH is 1. The molecule has 3 rings (SSSR count). The molecule has 4 N–H and O–H groups in total. The van der Waals surface area contributed by atoms with E-state index in [2.05, 4.69) is 6.58 Å². The molecule has 0 saturated carbocycles. The van der Waals surface area contributed by atoms with E-state index in [1.165, 1.54) is 36.4 Å². The third-order valence-corrected chi connectivity index (χ3v) is 6.87. The smallest absolute Gasteiger partial charge is 0.355 e. The number of nitrogens with zero attached hydrogens (tertiary/aromatic N) is 1. The van der Waals surface area contributed by atoms with Gasteiger partial charge >= 0.3 is 7.60 Å². The number of aliphatic hydroxyl groups is 2. The number of aldehydes is 1. The summed E-state index contributed by atoms with van der Waals surface area (Å²) in [5.74, 6) is 0.597. The van der Waals surface area contributed by atoms with Crippen molar-refractivity contribution >= 4 is 19.6 Å². The number of halogens is 1. The molecule has 0 bridgehead atoms. The van der Waals surface area contributed by atoms with Crippen LogP contribution in [0.2, 0.25) is 0 Å². The minimum absolute atomic E-state index is 0. The molecule has 0 spiro atoms. The van der Waals surface area contributed by atoms with Crippen LogP contribution in [0.15, 0.2) is 115 Å². The van der Waals surface area contributed by atoms with Crippen LogP contribution in [0.25, 0.3) is 0 Å². The third-order valence-electron chi connectivity index (χ3n) is 5.83. The van der Waals surface area contributed by atoms with Gasteiger partial charge in [0.05, 0.1) is 11.1 Å². The first-order chi connectivity index (χ1) is 24.7. The largest absolute Gasteiger partial charge is 0.513 e. The van der Waals surface area contributed by atoms with E-state index in [1.807, 2.05) is 136 Å². The number of rotatable bonds is 10. The maximum atomic E-state index is 12.3. The number of para-hydroxylation sites is 1. The molecule has 1 atom stereocenters. The molecule has 10 heteroatoms. The molecule has 306 valence electrons. The van der Waals surface area contributed by atoms with Crippen molar-refractivity contribution in [3.05, 3.63) is 121 Å². The van der Waals surface area contributed by atoms with E-state index >= 15 is 0 Å². The van der Waals surface area contributed by atoms with Gasteiger partial charge < -0.3 is 29.6 Å². The van der Waals surface area contributed by atoms with E-state index in [1.54, 1.807) is 13.0 Å². The second-order valence-corrected chi connectivity index (χ2v) is 11.4. The monoisotopic (exact) mass is 768 g/mol. The molecule has 2 aromatic carbocycles. The Morgan fingerprint density at radius 3 is 1.74 bits per heavy atom. The van der Waals surface area contributed by atoms with Gasteiger partial charge in [0.15, 0.2) is 6.29 Å². The molecule has 0 radical (unpaired) electrons. The van der Waals surface area contributed by atoms with Crippen molar-refractivity contribution in [2.75, 3.05) is 18.1 Å². The number of hydrogen-bond acceptors (Lipinski definition) is 6. The highest BCUT2D eigenvalue weighted by atomic mass is 31.2. The molecular weight excluding hydrogens is 692 g/mol. The molecule has 53 heavy (non-hydrogen) atoms. The molecule has 1 unspecified atom stereocenters. The first-order valence-corrected chi connectivity index (χ1v) is 19.7. The molecule has 2 aromatic rings. The van der Waals surface area contributed by atoms with Crippen molar-refractivity contribution < 1.29 is 38.5 Å². The SMILES string of the molecule is C.C/C=C\C.C=C/C(=C\C/C=C\CC)P(=O)(O)O.CC.CC.CC.CC/C=C(\C)O.CC1(O)CCN1c1ccccc1.O=CCOc1ccc(F)cc1. The van der Waals surface area contributed by atoms with Crippen molar-refractivity contribution in [3.8, 4) is 5.75 Å². The van der Waals surface area contributed by atoms with Gasteiger partial charge in [-0.05, 0) is 89.4 Å². The predicted octanol–water partition coefficient (Wildman–Crippen LogP) is 12.8. The number of ether oxygens (including phenoxy) is 1. The van der Waals surface area contributed by atoms with E-state index in [4.69, 9.17) is 19.6 Å². The number of anilines is 1. The van der Waals surface area contributed by atoms with Gasteiger partial charge in [-0.3, -0.25) is 9.36 Å². The molecule has 0 aliphatic carbocycles. The predicted molar refractivity (Wildman–Crippen MR) is 229 cm³/mol. The van der Waals surface area contributed by atoms with Crippen LogP contribution in [0.4, 0.5) is 10.1 Å². The molecular formula is C43H75FNO7P. The van der Waals surface area contributed by atoms with Gasteiger partial charge in [-0.25, -0.2) is 4.39 Å². The quantitative estimate of drug-likeness (QED) is 0.0618. The lowest BCUT2D eigenvalue weighted by Crippen LogP contribution is -2.58. The summed E-state index contributed by atoms with van der Waals surface area (Å²) in [6, 6.07) is 15.5.